The van der Waals surface area contributed by atoms with E-state index in [0.717, 1.165) is 28.2 Å². The average molecular weight is 229 g/mol. The smallest absolute Gasteiger partial charge is 0.256 e. The molecule has 1 saturated carbocycles. The Morgan fingerprint density at radius 2 is 2.21 bits per heavy atom. The van der Waals surface area contributed by atoms with Crippen LogP contribution in [0.15, 0.2) is 9.64 Å². The SMILES string of the molecule is Cc1nc(SCC2(CS)CC2)oc1C. The third-order valence-electron chi connectivity index (χ3n) is 2.80. The fourth-order valence-electron chi connectivity index (χ4n) is 1.24. The molecule has 1 aliphatic carbocycles. The topological polar surface area (TPSA) is 26.0 Å². The Kier molecular flexibility index (Phi) is 2.84. The second kappa shape index (κ2) is 3.81. The van der Waals surface area contributed by atoms with Gasteiger partial charge in [-0.3, -0.25) is 0 Å². The zero-order valence-corrected chi connectivity index (χ0v) is 10.3. The number of aromatic nitrogens is 1. The van der Waals surface area contributed by atoms with Crippen molar-refractivity contribution in [2.24, 2.45) is 5.41 Å². The van der Waals surface area contributed by atoms with Crippen LogP contribution in [0.25, 0.3) is 0 Å². The summed E-state index contributed by atoms with van der Waals surface area (Å²) in [7, 11) is 0. The van der Waals surface area contributed by atoms with Gasteiger partial charge in [0, 0.05) is 5.75 Å². The summed E-state index contributed by atoms with van der Waals surface area (Å²) in [6, 6.07) is 0. The summed E-state index contributed by atoms with van der Waals surface area (Å²) in [4.78, 5) is 4.35. The van der Waals surface area contributed by atoms with Crippen LogP contribution in [-0.4, -0.2) is 16.5 Å². The van der Waals surface area contributed by atoms with Gasteiger partial charge < -0.3 is 4.42 Å². The molecule has 1 aromatic rings. The van der Waals surface area contributed by atoms with E-state index in [9.17, 15) is 0 Å². The van der Waals surface area contributed by atoms with Gasteiger partial charge in [0.15, 0.2) is 0 Å². The molecule has 14 heavy (non-hydrogen) atoms. The minimum absolute atomic E-state index is 0.476. The number of hydrogen-bond donors (Lipinski definition) is 1. The van der Waals surface area contributed by atoms with Crippen molar-refractivity contribution in [3.05, 3.63) is 11.5 Å². The third kappa shape index (κ3) is 2.11. The molecule has 0 aliphatic heterocycles. The van der Waals surface area contributed by atoms with Crippen LogP contribution in [0.5, 0.6) is 0 Å². The van der Waals surface area contributed by atoms with Gasteiger partial charge >= 0.3 is 0 Å². The standard InChI is InChI=1S/C10H15NOS2/c1-7-8(2)12-9(11-7)14-6-10(5-13)3-4-10/h13H,3-6H2,1-2H3. The van der Waals surface area contributed by atoms with Gasteiger partial charge in [0.25, 0.3) is 5.22 Å². The van der Waals surface area contributed by atoms with E-state index in [0.29, 0.717) is 5.41 Å². The molecular weight excluding hydrogens is 214 g/mol. The Hall–Kier alpha value is -0.0900. The second-order valence-corrected chi connectivity index (χ2v) is 5.31. The lowest BCUT2D eigenvalue weighted by molar-refractivity contribution is 0.430. The van der Waals surface area contributed by atoms with E-state index in [-0.39, 0.29) is 0 Å². The van der Waals surface area contributed by atoms with Crippen LogP contribution in [0.2, 0.25) is 0 Å². The van der Waals surface area contributed by atoms with Crippen molar-refractivity contribution in [1.82, 2.24) is 4.98 Å². The molecule has 0 amide bonds. The van der Waals surface area contributed by atoms with Crippen LogP contribution in [0.4, 0.5) is 0 Å². The maximum atomic E-state index is 5.51. The number of hydrogen-bond acceptors (Lipinski definition) is 4. The van der Waals surface area contributed by atoms with Crippen molar-refractivity contribution in [2.75, 3.05) is 11.5 Å². The first-order chi connectivity index (χ1) is 6.65. The van der Waals surface area contributed by atoms with Gasteiger partial charge in [-0.15, -0.1) is 0 Å². The zero-order chi connectivity index (χ0) is 10.2. The Labute approximate surface area is 94.3 Å². The van der Waals surface area contributed by atoms with Crippen molar-refractivity contribution in [2.45, 2.75) is 31.9 Å². The summed E-state index contributed by atoms with van der Waals surface area (Å²) in [5, 5.41) is 0.813. The molecule has 1 aromatic heterocycles. The van der Waals surface area contributed by atoms with Crippen molar-refractivity contribution >= 4 is 24.4 Å². The molecule has 1 heterocycles. The molecule has 4 heteroatoms. The lowest BCUT2D eigenvalue weighted by atomic mass is 10.2. The highest BCUT2D eigenvalue weighted by molar-refractivity contribution is 7.99. The largest absolute Gasteiger partial charge is 0.437 e. The highest BCUT2D eigenvalue weighted by Gasteiger charge is 2.41. The molecule has 0 N–H and O–H groups in total. The van der Waals surface area contributed by atoms with Crippen LogP contribution in [0.3, 0.4) is 0 Å². The van der Waals surface area contributed by atoms with E-state index in [1.54, 1.807) is 11.8 Å². The third-order valence-corrected chi connectivity index (χ3v) is 4.65. The van der Waals surface area contributed by atoms with E-state index < -0.39 is 0 Å². The molecule has 78 valence electrons. The predicted octanol–water partition coefficient (Wildman–Crippen LogP) is 3.09. The minimum atomic E-state index is 0.476. The molecule has 2 nitrogen and oxygen atoms in total. The van der Waals surface area contributed by atoms with Crippen molar-refractivity contribution < 1.29 is 4.42 Å². The maximum absolute atomic E-state index is 5.51. The maximum Gasteiger partial charge on any atom is 0.256 e. The average Bonchev–Trinajstić information content (AvgIpc) is 2.88. The fourth-order valence-corrected chi connectivity index (χ4v) is 3.03. The molecule has 0 bridgehead atoms. The minimum Gasteiger partial charge on any atom is -0.437 e. The number of nitrogens with zero attached hydrogens (tertiary/aromatic N) is 1. The van der Waals surface area contributed by atoms with E-state index in [1.807, 2.05) is 13.8 Å². The normalized spacial score (nSPS) is 18.5. The Bertz CT molecular complexity index is 311. The highest BCUT2D eigenvalue weighted by atomic mass is 32.2. The lowest BCUT2D eigenvalue weighted by Crippen LogP contribution is -2.05. The molecule has 1 aliphatic rings. The van der Waals surface area contributed by atoms with Gasteiger partial charge in [0.2, 0.25) is 0 Å². The van der Waals surface area contributed by atoms with Gasteiger partial charge in [-0.2, -0.15) is 12.6 Å². The summed E-state index contributed by atoms with van der Waals surface area (Å²) < 4.78 is 5.51. The molecule has 1 fully saturated rings. The molecule has 0 spiro atoms. The Morgan fingerprint density at radius 3 is 2.64 bits per heavy atom. The van der Waals surface area contributed by atoms with Gasteiger partial charge in [0.1, 0.15) is 5.76 Å². The first-order valence-corrected chi connectivity index (χ1v) is 6.45. The summed E-state index contributed by atoms with van der Waals surface area (Å²) in [5.74, 6) is 3.01. The molecule has 0 unspecified atom stereocenters. The van der Waals surface area contributed by atoms with E-state index in [4.69, 9.17) is 4.42 Å². The Balaban J connectivity index is 1.92. The second-order valence-electron chi connectivity index (χ2n) is 4.07. The quantitative estimate of drug-likeness (QED) is 0.634. The van der Waals surface area contributed by atoms with E-state index >= 15 is 0 Å². The first kappa shape index (κ1) is 10.4. The molecule has 0 radical (unpaired) electrons. The van der Waals surface area contributed by atoms with Gasteiger partial charge in [-0.25, -0.2) is 4.98 Å². The predicted molar refractivity (Wildman–Crippen MR) is 62.2 cm³/mol. The zero-order valence-electron chi connectivity index (χ0n) is 8.54. The number of thioether (sulfide) groups is 1. The van der Waals surface area contributed by atoms with Gasteiger partial charge in [-0.1, -0.05) is 11.8 Å². The Morgan fingerprint density at radius 1 is 1.50 bits per heavy atom. The van der Waals surface area contributed by atoms with Gasteiger partial charge in [-0.05, 0) is 37.9 Å². The summed E-state index contributed by atoms with van der Waals surface area (Å²) in [6.07, 6.45) is 2.62. The van der Waals surface area contributed by atoms with Crippen LogP contribution in [-0.2, 0) is 0 Å². The lowest BCUT2D eigenvalue weighted by Gasteiger charge is -2.07. The molecule has 2 rings (SSSR count). The van der Waals surface area contributed by atoms with Gasteiger partial charge in [0.05, 0.1) is 5.69 Å². The molecule has 0 atom stereocenters. The van der Waals surface area contributed by atoms with E-state index in [2.05, 4.69) is 17.6 Å². The number of aryl methyl sites for hydroxylation is 2. The van der Waals surface area contributed by atoms with E-state index in [1.165, 1.54) is 12.8 Å². The molecular formula is C10H15NOS2. The first-order valence-electron chi connectivity index (χ1n) is 4.83. The number of thiol groups is 1. The number of rotatable bonds is 4. The monoisotopic (exact) mass is 229 g/mol. The summed E-state index contributed by atoms with van der Waals surface area (Å²) in [5.41, 5.74) is 1.48. The summed E-state index contributed by atoms with van der Waals surface area (Å²) >= 11 is 6.09. The fraction of sp³-hybridized carbons (Fsp3) is 0.700. The number of oxazole rings is 1. The van der Waals surface area contributed by atoms with Crippen LogP contribution in [0, 0.1) is 19.3 Å². The molecule has 0 saturated heterocycles. The van der Waals surface area contributed by atoms with Crippen LogP contribution < -0.4 is 0 Å². The van der Waals surface area contributed by atoms with Crippen molar-refractivity contribution in [3.8, 4) is 0 Å². The highest BCUT2D eigenvalue weighted by Crippen LogP contribution is 2.49. The van der Waals surface area contributed by atoms with Crippen molar-refractivity contribution in [3.63, 3.8) is 0 Å². The van der Waals surface area contributed by atoms with Crippen molar-refractivity contribution in [1.29, 1.82) is 0 Å². The summed E-state index contributed by atoms with van der Waals surface area (Å²) in [6.45, 7) is 3.94. The van der Waals surface area contributed by atoms with Crippen LogP contribution >= 0.6 is 24.4 Å². The molecule has 0 aromatic carbocycles. The van der Waals surface area contributed by atoms with Crippen LogP contribution in [0.1, 0.15) is 24.3 Å².